The third-order valence-electron chi connectivity index (χ3n) is 3.52. The van der Waals surface area contributed by atoms with E-state index in [1.54, 1.807) is 12.1 Å². The lowest BCUT2D eigenvalue weighted by atomic mass is 10.2. The molecular formula is C17H13N3O6. The van der Waals surface area contributed by atoms with Gasteiger partial charge in [0.05, 0.1) is 18.2 Å². The Morgan fingerprint density at radius 1 is 1.31 bits per heavy atom. The summed E-state index contributed by atoms with van der Waals surface area (Å²) in [4.78, 5) is 22.3. The van der Waals surface area contributed by atoms with Crippen molar-refractivity contribution in [1.82, 2.24) is 5.43 Å². The van der Waals surface area contributed by atoms with Gasteiger partial charge in [0.2, 0.25) is 0 Å². The van der Waals surface area contributed by atoms with Crippen LogP contribution in [0.25, 0.3) is 11.0 Å². The van der Waals surface area contributed by atoms with E-state index in [0.717, 1.165) is 0 Å². The van der Waals surface area contributed by atoms with Gasteiger partial charge in [0, 0.05) is 17.5 Å². The number of hydrogen-bond donors (Lipinski definition) is 2. The third-order valence-corrected chi connectivity index (χ3v) is 3.52. The molecule has 0 unspecified atom stereocenters. The van der Waals surface area contributed by atoms with Crippen LogP contribution in [0.5, 0.6) is 11.5 Å². The number of nitro benzene ring substituents is 1. The van der Waals surface area contributed by atoms with Gasteiger partial charge in [0.15, 0.2) is 17.3 Å². The number of furan rings is 1. The van der Waals surface area contributed by atoms with Crippen molar-refractivity contribution >= 4 is 28.8 Å². The van der Waals surface area contributed by atoms with Crippen LogP contribution in [0.3, 0.4) is 0 Å². The van der Waals surface area contributed by atoms with E-state index in [2.05, 4.69) is 10.5 Å². The summed E-state index contributed by atoms with van der Waals surface area (Å²) in [5, 5.41) is 24.7. The number of non-ortho nitro benzene ring substituents is 1. The largest absolute Gasteiger partial charge is 0.504 e. The molecule has 0 aliphatic carbocycles. The smallest absolute Gasteiger partial charge is 0.307 e. The molecule has 0 aliphatic heterocycles. The average Bonchev–Trinajstić information content (AvgIpc) is 3.05. The third kappa shape index (κ3) is 3.46. The fraction of sp³-hybridized carbons (Fsp3) is 0.0588. The zero-order chi connectivity index (χ0) is 18.7. The number of carbonyl (C=O) groups excluding carboxylic acids is 1. The van der Waals surface area contributed by atoms with E-state index < -0.39 is 10.8 Å². The quantitative estimate of drug-likeness (QED) is 0.411. The predicted octanol–water partition coefficient (Wildman–Crippen LogP) is 2.82. The van der Waals surface area contributed by atoms with Crippen LogP contribution in [0, 0.1) is 10.1 Å². The van der Waals surface area contributed by atoms with Gasteiger partial charge in [0.1, 0.15) is 5.58 Å². The summed E-state index contributed by atoms with van der Waals surface area (Å²) in [6.45, 7) is 0. The van der Waals surface area contributed by atoms with Gasteiger partial charge in [0.25, 0.3) is 5.69 Å². The van der Waals surface area contributed by atoms with Gasteiger partial charge in [-0.05, 0) is 35.9 Å². The molecule has 1 amide bonds. The first-order valence-electron chi connectivity index (χ1n) is 7.36. The van der Waals surface area contributed by atoms with E-state index in [4.69, 9.17) is 9.15 Å². The highest BCUT2D eigenvalue weighted by Gasteiger charge is 2.14. The number of methoxy groups -OCH3 is 1. The van der Waals surface area contributed by atoms with Gasteiger partial charge in [-0.15, -0.1) is 0 Å². The Balaban J connectivity index is 1.72. The molecule has 9 nitrogen and oxygen atoms in total. The van der Waals surface area contributed by atoms with Crippen molar-refractivity contribution in [2.45, 2.75) is 0 Å². The second-order valence-corrected chi connectivity index (χ2v) is 5.22. The second-order valence-electron chi connectivity index (χ2n) is 5.22. The first kappa shape index (κ1) is 17.0. The Morgan fingerprint density at radius 2 is 2.12 bits per heavy atom. The minimum Gasteiger partial charge on any atom is -0.504 e. The van der Waals surface area contributed by atoms with Gasteiger partial charge < -0.3 is 14.3 Å². The zero-order valence-corrected chi connectivity index (χ0v) is 13.5. The number of carbonyl (C=O) groups is 1. The number of phenolic OH excluding ortho intramolecular Hbond substituents is 1. The molecule has 0 fully saturated rings. The summed E-state index contributed by atoms with van der Waals surface area (Å²) < 4.78 is 10.3. The molecule has 1 aromatic heterocycles. The predicted molar refractivity (Wildman–Crippen MR) is 92.6 cm³/mol. The number of nitro groups is 1. The number of nitrogens with one attached hydrogen (secondary N) is 1. The first-order valence-corrected chi connectivity index (χ1v) is 7.36. The number of benzene rings is 2. The second kappa shape index (κ2) is 6.93. The summed E-state index contributed by atoms with van der Waals surface area (Å²) >= 11 is 0. The fourth-order valence-corrected chi connectivity index (χ4v) is 2.26. The Hall–Kier alpha value is -3.88. The summed E-state index contributed by atoms with van der Waals surface area (Å²) in [7, 11) is 1.44. The molecule has 2 aromatic carbocycles. The van der Waals surface area contributed by atoms with E-state index in [1.807, 2.05) is 0 Å². The molecular weight excluding hydrogens is 342 g/mol. The van der Waals surface area contributed by atoms with Crippen LogP contribution in [-0.2, 0) is 0 Å². The summed E-state index contributed by atoms with van der Waals surface area (Å²) in [6.07, 6.45) is 1.34. The molecule has 1 heterocycles. The molecule has 0 saturated carbocycles. The number of hydrazone groups is 1. The van der Waals surface area contributed by atoms with E-state index in [-0.39, 0.29) is 17.2 Å². The van der Waals surface area contributed by atoms with E-state index in [0.29, 0.717) is 22.3 Å². The monoisotopic (exact) mass is 355 g/mol. The lowest BCUT2D eigenvalue weighted by Crippen LogP contribution is -2.16. The number of ether oxygens (including phenoxy) is 1. The highest BCUT2D eigenvalue weighted by atomic mass is 16.6. The van der Waals surface area contributed by atoms with Gasteiger partial charge >= 0.3 is 5.91 Å². The highest BCUT2D eigenvalue weighted by Crippen LogP contribution is 2.26. The standard InChI is InChI=1S/C17H13N3O6/c1-25-15-4-2-10(6-13(15)21)9-18-19-17(22)16-8-11-7-12(20(23)24)3-5-14(11)26-16/h2-9,21H,1H3,(H,19,22)/b18-9-. The van der Waals surface area contributed by atoms with Gasteiger partial charge in [-0.2, -0.15) is 5.10 Å². The van der Waals surface area contributed by atoms with Crippen LogP contribution in [0.1, 0.15) is 16.1 Å². The minimum absolute atomic E-state index is 0.0322. The Labute approximate surface area is 146 Å². The molecule has 0 saturated heterocycles. The van der Waals surface area contributed by atoms with Crippen LogP contribution in [0.15, 0.2) is 52.0 Å². The topological polar surface area (TPSA) is 127 Å². The highest BCUT2D eigenvalue weighted by molar-refractivity contribution is 5.97. The maximum Gasteiger partial charge on any atom is 0.307 e. The van der Waals surface area contributed by atoms with Crippen LogP contribution in [0.4, 0.5) is 5.69 Å². The molecule has 0 bridgehead atoms. The Morgan fingerprint density at radius 3 is 2.81 bits per heavy atom. The number of nitrogens with zero attached hydrogens (tertiary/aromatic N) is 2. The number of hydrogen-bond acceptors (Lipinski definition) is 7. The molecule has 3 aromatic rings. The fourth-order valence-electron chi connectivity index (χ4n) is 2.26. The molecule has 0 aliphatic rings. The number of rotatable bonds is 5. The number of aromatic hydroxyl groups is 1. The SMILES string of the molecule is COc1ccc(/C=N\NC(=O)c2cc3cc([N+](=O)[O-])ccc3o2)cc1O. The van der Waals surface area contributed by atoms with Gasteiger partial charge in [-0.25, -0.2) is 5.43 Å². The molecule has 26 heavy (non-hydrogen) atoms. The van der Waals surface area contributed by atoms with Crippen molar-refractivity contribution in [3.63, 3.8) is 0 Å². The molecule has 3 rings (SSSR count). The van der Waals surface area contributed by atoms with E-state index >= 15 is 0 Å². The van der Waals surface area contributed by atoms with Gasteiger partial charge in [-0.3, -0.25) is 14.9 Å². The van der Waals surface area contributed by atoms with Crippen molar-refractivity contribution in [3.8, 4) is 11.5 Å². The number of fused-ring (bicyclic) bond motifs is 1. The molecule has 9 heteroatoms. The van der Waals surface area contributed by atoms with Crippen LogP contribution < -0.4 is 10.2 Å². The van der Waals surface area contributed by atoms with E-state index in [9.17, 15) is 20.0 Å². The normalized spacial score (nSPS) is 11.0. The van der Waals surface area contributed by atoms with Crippen LogP contribution in [-0.4, -0.2) is 29.3 Å². The molecule has 0 atom stereocenters. The average molecular weight is 355 g/mol. The minimum atomic E-state index is -0.613. The Kier molecular flexibility index (Phi) is 4.52. The van der Waals surface area contributed by atoms with Gasteiger partial charge in [-0.1, -0.05) is 0 Å². The number of phenols is 1. The molecule has 0 radical (unpaired) electrons. The lowest BCUT2D eigenvalue weighted by Gasteiger charge is -2.03. The first-order chi connectivity index (χ1) is 12.5. The van der Waals surface area contributed by atoms with Crippen molar-refractivity contribution in [3.05, 3.63) is 63.9 Å². The molecule has 2 N–H and O–H groups in total. The summed E-state index contributed by atoms with van der Waals surface area (Å²) in [6, 6.07) is 10.1. The Bertz CT molecular complexity index is 1020. The maximum atomic E-state index is 12.1. The zero-order valence-electron chi connectivity index (χ0n) is 13.5. The van der Waals surface area contributed by atoms with Crippen molar-refractivity contribution in [2.75, 3.05) is 7.11 Å². The van der Waals surface area contributed by atoms with Crippen LogP contribution in [0.2, 0.25) is 0 Å². The molecule has 0 spiro atoms. The lowest BCUT2D eigenvalue weighted by molar-refractivity contribution is -0.384. The van der Waals surface area contributed by atoms with Crippen LogP contribution >= 0.6 is 0 Å². The summed E-state index contributed by atoms with van der Waals surface area (Å²) in [5.74, 6) is -0.378. The maximum absolute atomic E-state index is 12.1. The van der Waals surface area contributed by atoms with Crippen molar-refractivity contribution in [1.29, 1.82) is 0 Å². The van der Waals surface area contributed by atoms with E-state index in [1.165, 1.54) is 43.7 Å². The van der Waals surface area contributed by atoms with Crippen molar-refractivity contribution in [2.24, 2.45) is 5.10 Å². The van der Waals surface area contributed by atoms with Crippen molar-refractivity contribution < 1.29 is 24.0 Å². The molecule has 132 valence electrons. The number of amides is 1. The summed E-state index contributed by atoms with van der Waals surface area (Å²) in [5.41, 5.74) is 3.09.